The lowest BCUT2D eigenvalue weighted by Gasteiger charge is -2.14. The second-order valence-corrected chi connectivity index (χ2v) is 12.4. The van der Waals surface area contributed by atoms with E-state index in [0.29, 0.717) is 54.3 Å². The van der Waals surface area contributed by atoms with E-state index in [-0.39, 0.29) is 30.3 Å². The fourth-order valence-electron chi connectivity index (χ4n) is 6.09. The number of phenolic OH excluding ortho intramolecular Hbond substituents is 2. The van der Waals surface area contributed by atoms with Gasteiger partial charge in [0.2, 0.25) is 5.91 Å². The molecule has 6 rings (SSSR count). The van der Waals surface area contributed by atoms with Gasteiger partial charge in [-0.3, -0.25) is 4.79 Å². The summed E-state index contributed by atoms with van der Waals surface area (Å²) < 4.78 is 23.9. The van der Waals surface area contributed by atoms with Crippen molar-refractivity contribution in [3.05, 3.63) is 149 Å². The van der Waals surface area contributed by atoms with Crippen molar-refractivity contribution in [2.45, 2.75) is 52.0 Å². The molecular formula is C39H38FN5O5. The van der Waals surface area contributed by atoms with Crippen LogP contribution in [0.4, 0.5) is 4.39 Å². The summed E-state index contributed by atoms with van der Waals surface area (Å²) in [6, 6.07) is 26.0. The van der Waals surface area contributed by atoms with E-state index in [2.05, 4.69) is 9.97 Å². The number of carbonyl (C=O) groups is 1. The second-order valence-electron chi connectivity index (χ2n) is 12.4. The average Bonchev–Trinajstić information content (AvgIpc) is 3.62. The van der Waals surface area contributed by atoms with Crippen LogP contribution in [-0.2, 0) is 43.8 Å². The molecule has 4 aromatic carbocycles. The number of hydrogen-bond donors (Lipinski definition) is 4. The topological polar surface area (TPSA) is 149 Å². The van der Waals surface area contributed by atoms with Crippen LogP contribution < -0.4 is 10.5 Å². The molecule has 0 spiro atoms. The van der Waals surface area contributed by atoms with Crippen molar-refractivity contribution in [3.8, 4) is 28.5 Å². The smallest absolute Gasteiger partial charge is 0.223 e. The first kappa shape index (κ1) is 33.9. The SMILES string of the molecule is CC(O)Cc1c(-c2cccc(F)c2)ncn1Cc1cc(O)cc(COc2cccc(Cc3ncn(Cc4cccc(O)c4)c3CC(N)=O)c2)c1. The van der Waals surface area contributed by atoms with E-state index in [1.807, 2.05) is 45.5 Å². The number of rotatable bonds is 14. The normalized spacial score (nSPS) is 11.8. The number of hydrogen-bond acceptors (Lipinski definition) is 7. The van der Waals surface area contributed by atoms with Crippen LogP contribution in [-0.4, -0.2) is 46.4 Å². The molecule has 2 aromatic heterocycles. The summed E-state index contributed by atoms with van der Waals surface area (Å²) in [5.41, 5.74) is 12.3. The maximum absolute atomic E-state index is 14.0. The minimum atomic E-state index is -0.642. The van der Waals surface area contributed by atoms with Crippen LogP contribution in [0.2, 0.25) is 0 Å². The number of ether oxygens (including phenoxy) is 1. The van der Waals surface area contributed by atoms with Gasteiger partial charge in [-0.1, -0.05) is 42.5 Å². The molecule has 0 aliphatic heterocycles. The molecule has 50 heavy (non-hydrogen) atoms. The molecule has 0 saturated carbocycles. The van der Waals surface area contributed by atoms with Gasteiger partial charge in [0.15, 0.2) is 0 Å². The molecule has 6 aromatic rings. The zero-order chi connectivity index (χ0) is 35.2. The molecule has 1 unspecified atom stereocenters. The summed E-state index contributed by atoms with van der Waals surface area (Å²) in [5.74, 6) is 0.0329. The van der Waals surface area contributed by atoms with E-state index in [9.17, 15) is 24.5 Å². The van der Waals surface area contributed by atoms with E-state index in [1.165, 1.54) is 12.1 Å². The minimum Gasteiger partial charge on any atom is -0.508 e. The molecule has 10 nitrogen and oxygen atoms in total. The van der Waals surface area contributed by atoms with Crippen molar-refractivity contribution in [1.29, 1.82) is 0 Å². The number of aliphatic hydroxyl groups is 1. The molecule has 0 aliphatic rings. The van der Waals surface area contributed by atoms with E-state index in [1.54, 1.807) is 62.0 Å². The van der Waals surface area contributed by atoms with Gasteiger partial charge in [0.05, 0.1) is 42.3 Å². The quantitative estimate of drug-likeness (QED) is 0.119. The summed E-state index contributed by atoms with van der Waals surface area (Å²) in [6.45, 7) is 2.68. The lowest BCUT2D eigenvalue weighted by molar-refractivity contribution is -0.117. The number of imidazole rings is 2. The first-order valence-corrected chi connectivity index (χ1v) is 16.2. The van der Waals surface area contributed by atoms with Gasteiger partial charge in [-0.2, -0.15) is 0 Å². The third-order valence-corrected chi connectivity index (χ3v) is 8.24. The monoisotopic (exact) mass is 675 g/mol. The second kappa shape index (κ2) is 15.1. The first-order valence-electron chi connectivity index (χ1n) is 16.2. The molecule has 1 atom stereocenters. The highest BCUT2D eigenvalue weighted by atomic mass is 19.1. The van der Waals surface area contributed by atoms with E-state index < -0.39 is 12.0 Å². The molecule has 0 saturated heterocycles. The van der Waals surface area contributed by atoms with Crippen molar-refractivity contribution in [2.75, 3.05) is 0 Å². The van der Waals surface area contributed by atoms with Gasteiger partial charge in [0.1, 0.15) is 29.7 Å². The Balaban J connectivity index is 1.16. The first-order chi connectivity index (χ1) is 24.1. The molecule has 0 radical (unpaired) electrons. The molecule has 0 fully saturated rings. The van der Waals surface area contributed by atoms with Gasteiger partial charge >= 0.3 is 0 Å². The third kappa shape index (κ3) is 8.55. The highest BCUT2D eigenvalue weighted by molar-refractivity contribution is 5.76. The average molecular weight is 676 g/mol. The molecule has 2 heterocycles. The Hall–Kier alpha value is -5.94. The van der Waals surface area contributed by atoms with Crippen molar-refractivity contribution in [2.24, 2.45) is 5.73 Å². The summed E-state index contributed by atoms with van der Waals surface area (Å²) >= 11 is 0. The van der Waals surface area contributed by atoms with Gasteiger partial charge in [-0.25, -0.2) is 14.4 Å². The van der Waals surface area contributed by atoms with Crippen LogP contribution in [0.1, 0.15) is 46.3 Å². The van der Waals surface area contributed by atoms with E-state index in [4.69, 9.17) is 10.5 Å². The van der Waals surface area contributed by atoms with Crippen molar-refractivity contribution in [1.82, 2.24) is 19.1 Å². The molecule has 256 valence electrons. The number of aromatic nitrogens is 4. The number of benzene rings is 4. The van der Waals surface area contributed by atoms with Crippen LogP contribution in [0.25, 0.3) is 11.3 Å². The van der Waals surface area contributed by atoms with Crippen molar-refractivity contribution >= 4 is 5.91 Å². The summed E-state index contributed by atoms with van der Waals surface area (Å²) in [6.07, 6.45) is 3.48. The van der Waals surface area contributed by atoms with E-state index >= 15 is 0 Å². The largest absolute Gasteiger partial charge is 0.508 e. The molecular weight excluding hydrogens is 637 g/mol. The maximum atomic E-state index is 14.0. The Morgan fingerprint density at radius 2 is 1.52 bits per heavy atom. The lowest BCUT2D eigenvalue weighted by atomic mass is 10.1. The summed E-state index contributed by atoms with van der Waals surface area (Å²) in [7, 11) is 0. The molecule has 11 heteroatoms. The number of nitrogens with two attached hydrogens (primary N) is 1. The van der Waals surface area contributed by atoms with Gasteiger partial charge in [0, 0.05) is 37.2 Å². The number of phenols is 2. The molecule has 0 aliphatic carbocycles. The Kier molecular flexibility index (Phi) is 10.2. The predicted molar refractivity (Wildman–Crippen MR) is 186 cm³/mol. The number of aliphatic hydroxyl groups excluding tert-OH is 1. The lowest BCUT2D eigenvalue weighted by Crippen LogP contribution is -2.18. The number of amides is 1. The van der Waals surface area contributed by atoms with Crippen LogP contribution >= 0.6 is 0 Å². The molecule has 5 N–H and O–H groups in total. The van der Waals surface area contributed by atoms with Crippen LogP contribution in [0, 0.1) is 5.82 Å². The highest BCUT2D eigenvalue weighted by Gasteiger charge is 2.17. The zero-order valence-electron chi connectivity index (χ0n) is 27.5. The Morgan fingerprint density at radius 3 is 2.30 bits per heavy atom. The van der Waals surface area contributed by atoms with Crippen molar-refractivity contribution in [3.63, 3.8) is 0 Å². The summed E-state index contributed by atoms with van der Waals surface area (Å²) in [5, 5.41) is 30.7. The van der Waals surface area contributed by atoms with Gasteiger partial charge in [0.25, 0.3) is 0 Å². The third-order valence-electron chi connectivity index (χ3n) is 8.24. The Bertz CT molecular complexity index is 2120. The number of aromatic hydroxyl groups is 2. The van der Waals surface area contributed by atoms with E-state index in [0.717, 1.165) is 27.9 Å². The minimum absolute atomic E-state index is 0.0237. The van der Waals surface area contributed by atoms with Gasteiger partial charge in [-0.15, -0.1) is 0 Å². The Morgan fingerprint density at radius 1 is 0.820 bits per heavy atom. The fourth-order valence-corrected chi connectivity index (χ4v) is 6.09. The van der Waals surface area contributed by atoms with Gasteiger partial charge in [-0.05, 0) is 77.7 Å². The predicted octanol–water partition coefficient (Wildman–Crippen LogP) is 5.51. The Labute approximate surface area is 288 Å². The number of halogens is 1. The summed E-state index contributed by atoms with van der Waals surface area (Å²) in [4.78, 5) is 21.1. The number of carbonyl (C=O) groups excluding carboxylic acids is 1. The zero-order valence-corrected chi connectivity index (χ0v) is 27.5. The van der Waals surface area contributed by atoms with Gasteiger partial charge < -0.3 is 34.9 Å². The fraction of sp³-hybridized carbons (Fsp3) is 0.205. The number of nitrogens with zero attached hydrogens (tertiary/aromatic N) is 4. The maximum Gasteiger partial charge on any atom is 0.223 e. The number of primary amides is 1. The van der Waals surface area contributed by atoms with Crippen LogP contribution in [0.15, 0.2) is 104 Å². The molecule has 0 bridgehead atoms. The van der Waals surface area contributed by atoms with Crippen molar-refractivity contribution < 1.29 is 29.2 Å². The van der Waals surface area contributed by atoms with Crippen LogP contribution in [0.5, 0.6) is 17.2 Å². The standard InChI is InChI=1S/C39H38FN5O5/c1-25(46)11-37-39(30-7-4-8-31(40)18-30)43-24-45(37)21-28-12-29(15-33(48)14-28)22-50-34-10-3-5-26(16-34)17-35-36(19-38(41)49)44(23-42-35)20-27-6-2-9-32(47)13-27/h2-10,12-16,18,23-25,46-48H,11,17,19-22H2,1H3,(H2,41,49). The van der Waals surface area contributed by atoms with Crippen LogP contribution in [0.3, 0.4) is 0 Å². The molecule has 1 amide bonds. The highest BCUT2D eigenvalue weighted by Crippen LogP contribution is 2.27.